The van der Waals surface area contributed by atoms with E-state index in [-0.39, 0.29) is 11.4 Å². The van der Waals surface area contributed by atoms with Crippen LogP contribution in [0.2, 0.25) is 5.02 Å². The van der Waals surface area contributed by atoms with Crippen molar-refractivity contribution in [3.05, 3.63) is 29.0 Å². The van der Waals surface area contributed by atoms with Crippen molar-refractivity contribution >= 4 is 17.5 Å². The summed E-state index contributed by atoms with van der Waals surface area (Å²) in [6, 6.07) is 3.48. The van der Waals surface area contributed by atoms with Gasteiger partial charge in [-0.2, -0.15) is 0 Å². The van der Waals surface area contributed by atoms with Gasteiger partial charge in [0.15, 0.2) is 0 Å². The summed E-state index contributed by atoms with van der Waals surface area (Å²) in [5.74, 6) is 0.0571. The molecular weight excluding hydrogens is 286 g/mol. The summed E-state index contributed by atoms with van der Waals surface area (Å²) in [6.45, 7) is 2.70. The van der Waals surface area contributed by atoms with Gasteiger partial charge in [-0.1, -0.05) is 30.9 Å². The minimum absolute atomic E-state index is 0.00362. The number of carbonyl (C=O) groups excluding carboxylic acids is 1. The van der Waals surface area contributed by atoms with Crippen molar-refractivity contribution in [2.24, 2.45) is 0 Å². The average molecular weight is 308 g/mol. The maximum Gasteiger partial charge on any atom is 0.272 e. The molecule has 2 aliphatic rings. The standard InChI is InChI=1S/C16H22ClN3O/c1-19-9-10-20(16(12-19)7-3-2-4-8-16)15(21)14-6-5-13(17)11-18-14/h5-6,11H,2-4,7-10,12H2,1H3. The van der Waals surface area contributed by atoms with E-state index in [1.165, 1.54) is 19.3 Å². The van der Waals surface area contributed by atoms with E-state index in [0.29, 0.717) is 10.7 Å². The normalized spacial score (nSPS) is 22.5. The van der Waals surface area contributed by atoms with Crippen molar-refractivity contribution in [1.29, 1.82) is 0 Å². The van der Waals surface area contributed by atoms with Crippen molar-refractivity contribution in [2.75, 3.05) is 26.7 Å². The molecular formula is C16H22ClN3O. The van der Waals surface area contributed by atoms with Crippen LogP contribution in [0.3, 0.4) is 0 Å². The molecule has 1 spiro atoms. The van der Waals surface area contributed by atoms with Gasteiger partial charge in [-0.3, -0.25) is 4.79 Å². The molecule has 1 aliphatic heterocycles. The summed E-state index contributed by atoms with van der Waals surface area (Å²) in [4.78, 5) is 21.5. The summed E-state index contributed by atoms with van der Waals surface area (Å²) in [6.07, 6.45) is 7.48. The van der Waals surface area contributed by atoms with Crippen LogP contribution in [0.5, 0.6) is 0 Å². The number of likely N-dealkylation sites (N-methyl/N-ethyl adjacent to an activating group) is 1. The highest BCUT2D eigenvalue weighted by Crippen LogP contribution is 2.37. The first-order valence-corrected chi connectivity index (χ1v) is 8.11. The number of rotatable bonds is 1. The predicted molar refractivity (Wildman–Crippen MR) is 83.6 cm³/mol. The quantitative estimate of drug-likeness (QED) is 0.800. The molecule has 2 fully saturated rings. The molecule has 0 atom stereocenters. The molecule has 3 rings (SSSR count). The van der Waals surface area contributed by atoms with Crippen LogP contribution >= 0.6 is 11.6 Å². The molecule has 0 unspecified atom stereocenters. The molecule has 114 valence electrons. The van der Waals surface area contributed by atoms with Gasteiger partial charge in [-0.25, -0.2) is 4.98 Å². The summed E-state index contributed by atoms with van der Waals surface area (Å²) in [7, 11) is 2.15. The van der Waals surface area contributed by atoms with E-state index in [9.17, 15) is 4.79 Å². The third kappa shape index (κ3) is 2.92. The van der Waals surface area contributed by atoms with Crippen molar-refractivity contribution < 1.29 is 4.79 Å². The van der Waals surface area contributed by atoms with Crippen LogP contribution in [0.1, 0.15) is 42.6 Å². The Balaban J connectivity index is 1.87. The average Bonchev–Trinajstić information content (AvgIpc) is 2.48. The minimum atomic E-state index is 0.00362. The molecule has 2 heterocycles. The molecule has 0 aromatic carbocycles. The third-order valence-electron chi connectivity index (χ3n) is 4.82. The van der Waals surface area contributed by atoms with Crippen molar-refractivity contribution in [3.63, 3.8) is 0 Å². The molecule has 1 aromatic rings. The van der Waals surface area contributed by atoms with Crippen LogP contribution < -0.4 is 0 Å². The lowest BCUT2D eigenvalue weighted by molar-refractivity contribution is -0.00816. The maximum absolute atomic E-state index is 12.9. The Morgan fingerprint density at radius 3 is 2.67 bits per heavy atom. The Labute approximate surface area is 131 Å². The second-order valence-corrected chi connectivity index (χ2v) is 6.78. The largest absolute Gasteiger partial charge is 0.329 e. The number of hydrogen-bond acceptors (Lipinski definition) is 3. The fraction of sp³-hybridized carbons (Fsp3) is 0.625. The number of aromatic nitrogens is 1. The van der Waals surface area contributed by atoms with E-state index in [4.69, 9.17) is 11.6 Å². The lowest BCUT2D eigenvalue weighted by Gasteiger charge is -2.52. The summed E-state index contributed by atoms with van der Waals surface area (Å²) in [5.41, 5.74) is 0.512. The zero-order chi connectivity index (χ0) is 14.9. The van der Waals surface area contributed by atoms with Crippen molar-refractivity contribution in [1.82, 2.24) is 14.8 Å². The van der Waals surface area contributed by atoms with Gasteiger partial charge in [0.1, 0.15) is 5.69 Å². The number of halogens is 1. The first-order valence-electron chi connectivity index (χ1n) is 7.73. The molecule has 4 nitrogen and oxygen atoms in total. The van der Waals surface area contributed by atoms with E-state index in [2.05, 4.69) is 21.8 Å². The van der Waals surface area contributed by atoms with E-state index in [1.807, 2.05) is 0 Å². The van der Waals surface area contributed by atoms with Crippen LogP contribution in [0.4, 0.5) is 0 Å². The molecule has 21 heavy (non-hydrogen) atoms. The Morgan fingerprint density at radius 1 is 1.24 bits per heavy atom. The van der Waals surface area contributed by atoms with Crippen LogP contribution in [0, 0.1) is 0 Å². The fourth-order valence-electron chi connectivity index (χ4n) is 3.77. The smallest absolute Gasteiger partial charge is 0.272 e. The summed E-state index contributed by atoms with van der Waals surface area (Å²) >= 11 is 5.87. The number of hydrogen-bond donors (Lipinski definition) is 0. The van der Waals surface area contributed by atoms with Gasteiger partial charge in [0.2, 0.25) is 0 Å². The number of pyridine rings is 1. The van der Waals surface area contributed by atoms with E-state index in [1.54, 1.807) is 18.3 Å². The zero-order valence-corrected chi connectivity index (χ0v) is 13.3. The molecule has 0 N–H and O–H groups in total. The summed E-state index contributed by atoms with van der Waals surface area (Å²) in [5, 5.41) is 0.567. The van der Waals surface area contributed by atoms with Gasteiger partial charge in [0.25, 0.3) is 5.91 Å². The van der Waals surface area contributed by atoms with Crippen LogP contribution in [-0.2, 0) is 0 Å². The molecule has 1 aliphatic carbocycles. The predicted octanol–water partition coefficient (Wildman–Crippen LogP) is 2.83. The molecule has 0 radical (unpaired) electrons. The van der Waals surface area contributed by atoms with Crippen LogP contribution in [-0.4, -0.2) is 52.9 Å². The van der Waals surface area contributed by atoms with Crippen molar-refractivity contribution in [3.8, 4) is 0 Å². The highest BCUT2D eigenvalue weighted by molar-refractivity contribution is 6.30. The van der Waals surface area contributed by atoms with E-state index in [0.717, 1.165) is 32.5 Å². The second-order valence-electron chi connectivity index (χ2n) is 6.34. The van der Waals surface area contributed by atoms with Gasteiger partial charge < -0.3 is 9.80 Å². The molecule has 1 saturated carbocycles. The third-order valence-corrected chi connectivity index (χ3v) is 5.04. The van der Waals surface area contributed by atoms with Gasteiger partial charge >= 0.3 is 0 Å². The minimum Gasteiger partial charge on any atom is -0.329 e. The Bertz CT molecular complexity index is 511. The Morgan fingerprint density at radius 2 is 2.00 bits per heavy atom. The highest BCUT2D eigenvalue weighted by atomic mass is 35.5. The second kappa shape index (κ2) is 5.93. The van der Waals surface area contributed by atoms with E-state index >= 15 is 0 Å². The van der Waals surface area contributed by atoms with Crippen LogP contribution in [0.15, 0.2) is 18.3 Å². The number of piperazine rings is 1. The lowest BCUT2D eigenvalue weighted by Crippen LogP contribution is -2.63. The van der Waals surface area contributed by atoms with Gasteiger partial charge in [0.05, 0.1) is 10.6 Å². The lowest BCUT2D eigenvalue weighted by atomic mass is 9.78. The van der Waals surface area contributed by atoms with Gasteiger partial charge in [0, 0.05) is 25.8 Å². The number of amides is 1. The summed E-state index contributed by atoms with van der Waals surface area (Å²) < 4.78 is 0. The van der Waals surface area contributed by atoms with Gasteiger partial charge in [-0.15, -0.1) is 0 Å². The highest BCUT2D eigenvalue weighted by Gasteiger charge is 2.44. The molecule has 0 bridgehead atoms. The van der Waals surface area contributed by atoms with Crippen LogP contribution in [0.25, 0.3) is 0 Å². The Hall–Kier alpha value is -1.13. The molecule has 1 amide bonds. The number of nitrogens with zero attached hydrogens (tertiary/aromatic N) is 3. The molecule has 1 saturated heterocycles. The number of carbonyl (C=O) groups is 1. The Kier molecular flexibility index (Phi) is 4.18. The first-order chi connectivity index (χ1) is 10.1. The first kappa shape index (κ1) is 14.8. The topological polar surface area (TPSA) is 36.4 Å². The zero-order valence-electron chi connectivity index (χ0n) is 12.5. The van der Waals surface area contributed by atoms with Crippen molar-refractivity contribution in [2.45, 2.75) is 37.6 Å². The van der Waals surface area contributed by atoms with Gasteiger partial charge in [-0.05, 0) is 32.0 Å². The monoisotopic (exact) mass is 307 g/mol. The van der Waals surface area contributed by atoms with E-state index < -0.39 is 0 Å². The SMILES string of the molecule is CN1CCN(C(=O)c2ccc(Cl)cn2)C2(CCCCC2)C1. The molecule has 5 heteroatoms. The fourth-order valence-corrected chi connectivity index (χ4v) is 3.88. The maximum atomic E-state index is 12.9. The molecule has 1 aromatic heterocycles.